The van der Waals surface area contributed by atoms with Gasteiger partial charge in [-0.2, -0.15) is 10.2 Å². The summed E-state index contributed by atoms with van der Waals surface area (Å²) in [6, 6.07) is 0. The minimum Gasteiger partial charge on any atom is -0.299 e. The molecule has 0 aromatic heterocycles. The average Bonchev–Trinajstić information content (AvgIpc) is 2.49. The lowest BCUT2D eigenvalue weighted by Gasteiger charge is -2.12. The van der Waals surface area contributed by atoms with Gasteiger partial charge in [-0.25, -0.2) is 0 Å². The van der Waals surface area contributed by atoms with Gasteiger partial charge in [-0.1, -0.05) is 18.2 Å². The Hall–Kier alpha value is -1.51. The van der Waals surface area contributed by atoms with Crippen LogP contribution in [0.5, 0.6) is 0 Å². The summed E-state index contributed by atoms with van der Waals surface area (Å²) >= 11 is 0. The van der Waals surface area contributed by atoms with Crippen LogP contribution in [-0.4, -0.2) is 17.7 Å². The molecule has 1 aliphatic carbocycles. The summed E-state index contributed by atoms with van der Waals surface area (Å²) in [5.74, 6) is -0.0754. The Kier molecular flexibility index (Phi) is 1.50. The van der Waals surface area contributed by atoms with Gasteiger partial charge in [0, 0.05) is 5.57 Å². The largest absolute Gasteiger partial charge is 0.299 e. The summed E-state index contributed by atoms with van der Waals surface area (Å²) < 4.78 is 0. The van der Waals surface area contributed by atoms with Gasteiger partial charge >= 0.3 is 0 Å². The standard InChI is InChI=1S/C9H8N2O/c1-6(12)8-4-2-3-7-5-10-11-9(7)8/h2-5,8H,1H3/t8-/m0/s1. The van der Waals surface area contributed by atoms with Crippen molar-refractivity contribution in [1.29, 1.82) is 0 Å². The number of fused-ring (bicyclic) bond motifs is 1. The van der Waals surface area contributed by atoms with Gasteiger partial charge in [-0.05, 0) is 6.92 Å². The summed E-state index contributed by atoms with van der Waals surface area (Å²) in [4.78, 5) is 11.1. The van der Waals surface area contributed by atoms with E-state index in [1.54, 1.807) is 13.1 Å². The quantitative estimate of drug-likeness (QED) is 0.566. The second kappa shape index (κ2) is 2.52. The molecule has 0 amide bonds. The fraction of sp³-hybridized carbons (Fsp3) is 0.222. The molecule has 0 spiro atoms. The molecule has 3 nitrogen and oxygen atoms in total. The Balaban J connectivity index is 2.39. The SMILES string of the molecule is CC(=O)[C@@H]1C=CC=C2C=NN=C21. The van der Waals surface area contributed by atoms with Gasteiger partial charge in [0.05, 0.1) is 17.8 Å². The van der Waals surface area contributed by atoms with Crippen molar-refractivity contribution in [3.8, 4) is 0 Å². The van der Waals surface area contributed by atoms with Gasteiger partial charge in [0.15, 0.2) is 0 Å². The lowest BCUT2D eigenvalue weighted by Crippen LogP contribution is -2.22. The first-order valence-corrected chi connectivity index (χ1v) is 3.79. The van der Waals surface area contributed by atoms with Gasteiger partial charge in [0.25, 0.3) is 0 Å². The first-order valence-electron chi connectivity index (χ1n) is 3.79. The summed E-state index contributed by atoms with van der Waals surface area (Å²) in [5, 5.41) is 7.67. The summed E-state index contributed by atoms with van der Waals surface area (Å²) in [7, 11) is 0. The molecular formula is C9H8N2O. The predicted octanol–water partition coefficient (Wildman–Crippen LogP) is 1.13. The van der Waals surface area contributed by atoms with Crippen LogP contribution in [0.15, 0.2) is 34.0 Å². The first kappa shape index (κ1) is 7.16. The molecule has 0 fully saturated rings. The normalized spacial score (nSPS) is 24.9. The Bertz CT molecular complexity index is 348. The van der Waals surface area contributed by atoms with Crippen molar-refractivity contribution < 1.29 is 4.79 Å². The second-order valence-electron chi connectivity index (χ2n) is 2.83. The second-order valence-corrected chi connectivity index (χ2v) is 2.83. The lowest BCUT2D eigenvalue weighted by molar-refractivity contribution is -0.117. The van der Waals surface area contributed by atoms with Crippen molar-refractivity contribution in [3.63, 3.8) is 0 Å². The third kappa shape index (κ3) is 0.942. The Morgan fingerprint density at radius 3 is 3.17 bits per heavy atom. The van der Waals surface area contributed by atoms with Crippen LogP contribution in [0.4, 0.5) is 0 Å². The maximum atomic E-state index is 11.1. The molecule has 3 heteroatoms. The zero-order valence-electron chi connectivity index (χ0n) is 6.69. The smallest absolute Gasteiger partial charge is 0.142 e. The number of hydrogen-bond acceptors (Lipinski definition) is 3. The minimum atomic E-state index is -0.188. The van der Waals surface area contributed by atoms with Gasteiger partial charge in [0.2, 0.25) is 0 Å². The maximum Gasteiger partial charge on any atom is 0.142 e. The van der Waals surface area contributed by atoms with Crippen molar-refractivity contribution >= 4 is 17.7 Å². The maximum absolute atomic E-state index is 11.1. The molecule has 0 aromatic rings. The van der Waals surface area contributed by atoms with Gasteiger partial charge in [-0.3, -0.25) is 4.79 Å². The van der Waals surface area contributed by atoms with E-state index in [-0.39, 0.29) is 11.7 Å². The van der Waals surface area contributed by atoms with Crippen molar-refractivity contribution in [1.82, 2.24) is 0 Å². The highest BCUT2D eigenvalue weighted by Crippen LogP contribution is 2.19. The van der Waals surface area contributed by atoms with Crippen molar-refractivity contribution in [2.24, 2.45) is 16.1 Å². The molecule has 0 N–H and O–H groups in total. The number of Topliss-reactive ketones (excluding diaryl/α,β-unsaturated/α-hetero) is 1. The lowest BCUT2D eigenvalue weighted by atomic mass is 9.90. The third-order valence-corrected chi connectivity index (χ3v) is 1.97. The molecule has 2 aliphatic rings. The van der Waals surface area contributed by atoms with Crippen LogP contribution < -0.4 is 0 Å². The number of ketones is 1. The molecule has 0 bridgehead atoms. The van der Waals surface area contributed by atoms with E-state index in [2.05, 4.69) is 10.2 Å². The van der Waals surface area contributed by atoms with Crippen LogP contribution in [0.25, 0.3) is 0 Å². The molecule has 12 heavy (non-hydrogen) atoms. The molecule has 0 saturated carbocycles. The third-order valence-electron chi connectivity index (χ3n) is 1.97. The number of carbonyl (C=O) groups is 1. The molecule has 1 aliphatic heterocycles. The molecule has 60 valence electrons. The van der Waals surface area contributed by atoms with E-state index < -0.39 is 0 Å². The number of hydrogen-bond donors (Lipinski definition) is 0. The van der Waals surface area contributed by atoms with Crippen molar-refractivity contribution in [2.75, 3.05) is 0 Å². The van der Waals surface area contributed by atoms with Crippen LogP contribution in [-0.2, 0) is 4.79 Å². The van der Waals surface area contributed by atoms with E-state index >= 15 is 0 Å². The van der Waals surface area contributed by atoms with Gasteiger partial charge in [-0.15, -0.1) is 0 Å². The topological polar surface area (TPSA) is 41.8 Å². The van der Waals surface area contributed by atoms with E-state index in [0.29, 0.717) is 0 Å². The highest BCUT2D eigenvalue weighted by Gasteiger charge is 2.24. The zero-order valence-corrected chi connectivity index (χ0v) is 6.69. The van der Waals surface area contributed by atoms with Gasteiger partial charge < -0.3 is 0 Å². The molecule has 1 atom stereocenters. The van der Waals surface area contributed by atoms with E-state index in [9.17, 15) is 4.79 Å². The Morgan fingerprint density at radius 1 is 1.58 bits per heavy atom. The number of carbonyl (C=O) groups excluding carboxylic acids is 1. The Labute approximate surface area is 70.2 Å². The zero-order chi connectivity index (χ0) is 8.55. The Morgan fingerprint density at radius 2 is 2.42 bits per heavy atom. The molecule has 0 saturated heterocycles. The fourth-order valence-electron chi connectivity index (χ4n) is 1.34. The van der Waals surface area contributed by atoms with Crippen molar-refractivity contribution in [2.45, 2.75) is 6.92 Å². The fourth-order valence-corrected chi connectivity index (χ4v) is 1.34. The monoisotopic (exact) mass is 160 g/mol. The molecule has 0 radical (unpaired) electrons. The predicted molar refractivity (Wildman–Crippen MR) is 47.3 cm³/mol. The summed E-state index contributed by atoms with van der Waals surface area (Å²) in [6.45, 7) is 1.57. The molecule has 0 unspecified atom stereocenters. The highest BCUT2D eigenvalue weighted by atomic mass is 16.1. The molecular weight excluding hydrogens is 152 g/mol. The van der Waals surface area contributed by atoms with E-state index in [1.165, 1.54) is 0 Å². The van der Waals surface area contributed by atoms with Crippen LogP contribution in [0, 0.1) is 5.92 Å². The van der Waals surface area contributed by atoms with E-state index in [1.807, 2.05) is 18.2 Å². The van der Waals surface area contributed by atoms with Crippen LogP contribution in [0.2, 0.25) is 0 Å². The van der Waals surface area contributed by atoms with Crippen LogP contribution in [0.1, 0.15) is 6.92 Å². The number of rotatable bonds is 1. The molecule has 1 heterocycles. The number of nitrogens with zero attached hydrogens (tertiary/aromatic N) is 2. The first-order chi connectivity index (χ1) is 5.79. The highest BCUT2D eigenvalue weighted by molar-refractivity contribution is 6.26. The minimum absolute atomic E-state index is 0.112. The summed E-state index contributed by atoms with van der Waals surface area (Å²) in [6.07, 6.45) is 7.31. The molecule has 0 aromatic carbocycles. The van der Waals surface area contributed by atoms with Gasteiger partial charge in [0.1, 0.15) is 5.78 Å². The number of allylic oxidation sites excluding steroid dienone is 4. The van der Waals surface area contributed by atoms with E-state index in [0.717, 1.165) is 11.3 Å². The molecule has 2 rings (SSSR count). The van der Waals surface area contributed by atoms with E-state index in [4.69, 9.17) is 0 Å². The average molecular weight is 160 g/mol. The van der Waals surface area contributed by atoms with Crippen LogP contribution >= 0.6 is 0 Å². The summed E-state index contributed by atoms with van der Waals surface area (Å²) in [5.41, 5.74) is 1.74. The van der Waals surface area contributed by atoms with Crippen LogP contribution in [0.3, 0.4) is 0 Å². The van der Waals surface area contributed by atoms with Crippen molar-refractivity contribution in [3.05, 3.63) is 23.8 Å².